The van der Waals surface area contributed by atoms with Gasteiger partial charge in [-0.25, -0.2) is 0 Å². The van der Waals surface area contributed by atoms with Gasteiger partial charge in [-0.05, 0) is 41.5 Å². The summed E-state index contributed by atoms with van der Waals surface area (Å²) in [6, 6.07) is 23.9. The van der Waals surface area contributed by atoms with E-state index in [-0.39, 0.29) is 5.91 Å². The van der Waals surface area contributed by atoms with Crippen molar-refractivity contribution in [2.45, 2.75) is 11.9 Å². The minimum Gasteiger partial charge on any atom is -0.351 e. The maximum atomic E-state index is 13.0. The van der Waals surface area contributed by atoms with E-state index in [1.165, 1.54) is 11.6 Å². The highest BCUT2D eigenvalue weighted by Crippen LogP contribution is 2.32. The molecule has 1 heterocycles. The number of hydrogen-bond donors (Lipinski definition) is 2. The van der Waals surface area contributed by atoms with Crippen LogP contribution in [-0.2, 0) is 11.9 Å². The van der Waals surface area contributed by atoms with Gasteiger partial charge in [0.1, 0.15) is 0 Å². The zero-order chi connectivity index (χ0) is 24.0. The van der Waals surface area contributed by atoms with Crippen LogP contribution in [-0.4, -0.2) is 28.4 Å². The quantitative estimate of drug-likeness (QED) is 0.285. The molecule has 0 bridgehead atoms. The number of hydrogen-bond acceptors (Lipinski definition) is 3. The molecular formula is C26H22F3N3OS. The van der Waals surface area contributed by atoms with E-state index in [0.717, 1.165) is 29.2 Å². The van der Waals surface area contributed by atoms with Gasteiger partial charge in [-0.2, -0.15) is 30.0 Å². The third kappa shape index (κ3) is 6.08. The number of halogens is 3. The Morgan fingerprint density at radius 1 is 0.912 bits per heavy atom. The fourth-order valence-electron chi connectivity index (χ4n) is 3.38. The Labute approximate surface area is 199 Å². The van der Waals surface area contributed by atoms with Crippen molar-refractivity contribution in [1.29, 1.82) is 0 Å². The predicted molar refractivity (Wildman–Crippen MR) is 129 cm³/mol. The van der Waals surface area contributed by atoms with Crippen LogP contribution in [0.4, 0.5) is 13.2 Å². The maximum absolute atomic E-state index is 13.0. The molecule has 0 fully saturated rings. The average Bonchev–Trinajstić information content (AvgIpc) is 3.34. The summed E-state index contributed by atoms with van der Waals surface area (Å²) in [5, 5.41) is 9.92. The van der Waals surface area contributed by atoms with Gasteiger partial charge in [0.25, 0.3) is 5.91 Å². The highest BCUT2D eigenvalue weighted by molar-refractivity contribution is 7.98. The van der Waals surface area contributed by atoms with Gasteiger partial charge in [0.15, 0.2) is 0 Å². The summed E-state index contributed by atoms with van der Waals surface area (Å²) in [6.07, 6.45) is -4.41. The van der Waals surface area contributed by atoms with E-state index in [1.54, 1.807) is 48.2 Å². The zero-order valence-corrected chi connectivity index (χ0v) is 18.9. The third-order valence-corrected chi connectivity index (χ3v) is 6.20. The number of nitrogens with one attached hydrogen (secondary N) is 2. The van der Waals surface area contributed by atoms with Gasteiger partial charge in [0.2, 0.25) is 0 Å². The van der Waals surface area contributed by atoms with Crippen LogP contribution in [0.25, 0.3) is 22.5 Å². The van der Waals surface area contributed by atoms with Crippen molar-refractivity contribution in [3.05, 3.63) is 102 Å². The van der Waals surface area contributed by atoms with Crippen molar-refractivity contribution in [3.63, 3.8) is 0 Å². The summed E-state index contributed by atoms with van der Waals surface area (Å²) in [5.41, 5.74) is 3.29. The highest BCUT2D eigenvalue weighted by Gasteiger charge is 2.30. The summed E-state index contributed by atoms with van der Waals surface area (Å²) in [5.74, 6) is 1.56. The second-order valence-corrected chi connectivity index (χ2v) is 8.72. The van der Waals surface area contributed by atoms with Crippen molar-refractivity contribution in [2.24, 2.45) is 0 Å². The van der Waals surface area contributed by atoms with Crippen molar-refractivity contribution in [2.75, 3.05) is 12.3 Å². The van der Waals surface area contributed by atoms with Gasteiger partial charge >= 0.3 is 6.18 Å². The Hall–Kier alpha value is -3.52. The molecule has 0 spiro atoms. The number of rotatable bonds is 8. The number of carbonyl (C=O) groups is 1. The second-order valence-electron chi connectivity index (χ2n) is 7.62. The van der Waals surface area contributed by atoms with E-state index >= 15 is 0 Å². The Morgan fingerprint density at radius 3 is 2.41 bits per heavy atom. The molecule has 4 rings (SSSR count). The molecule has 4 nitrogen and oxygen atoms in total. The lowest BCUT2D eigenvalue weighted by molar-refractivity contribution is -0.137. The number of aromatic nitrogens is 2. The summed E-state index contributed by atoms with van der Waals surface area (Å²) < 4.78 is 38.9. The molecule has 0 aliphatic carbocycles. The fourth-order valence-corrected chi connectivity index (χ4v) is 4.20. The Morgan fingerprint density at radius 2 is 1.68 bits per heavy atom. The molecule has 1 amide bonds. The van der Waals surface area contributed by atoms with Crippen LogP contribution in [0.2, 0.25) is 0 Å². The molecule has 4 aromatic rings. The average molecular weight is 482 g/mol. The van der Waals surface area contributed by atoms with E-state index in [4.69, 9.17) is 0 Å². The van der Waals surface area contributed by atoms with E-state index < -0.39 is 11.7 Å². The molecule has 8 heteroatoms. The van der Waals surface area contributed by atoms with Gasteiger partial charge in [0.05, 0.1) is 17.0 Å². The van der Waals surface area contributed by atoms with Crippen LogP contribution in [0, 0.1) is 0 Å². The van der Waals surface area contributed by atoms with E-state index in [9.17, 15) is 18.0 Å². The summed E-state index contributed by atoms with van der Waals surface area (Å²) in [6.45, 7) is 0.568. The molecule has 2 N–H and O–H groups in total. The van der Waals surface area contributed by atoms with Gasteiger partial charge in [0, 0.05) is 29.2 Å². The molecule has 3 aromatic carbocycles. The predicted octanol–water partition coefficient (Wildman–Crippen LogP) is 6.43. The Kier molecular flexibility index (Phi) is 7.37. The number of aromatic amines is 1. The van der Waals surface area contributed by atoms with Crippen molar-refractivity contribution < 1.29 is 18.0 Å². The highest BCUT2D eigenvalue weighted by atomic mass is 32.2. The molecule has 0 radical (unpaired) electrons. The second kappa shape index (κ2) is 10.6. The van der Waals surface area contributed by atoms with Gasteiger partial charge in [-0.1, -0.05) is 54.6 Å². The molecule has 174 valence electrons. The third-order valence-electron chi connectivity index (χ3n) is 5.17. The van der Waals surface area contributed by atoms with Crippen molar-refractivity contribution in [1.82, 2.24) is 15.5 Å². The van der Waals surface area contributed by atoms with E-state index in [0.29, 0.717) is 29.1 Å². The first-order chi connectivity index (χ1) is 16.4. The standard InChI is InChI=1S/C26H22F3N3OS/c27-26(28,29)22-8-4-7-21(15-22)24-16-23(31-32-24)19-9-11-20(12-10-19)25(33)30-13-14-34-17-18-5-2-1-3-6-18/h1-12,15-16H,13-14,17H2,(H,30,33)(H,31,32). The van der Waals surface area contributed by atoms with Gasteiger partial charge < -0.3 is 5.32 Å². The first-order valence-electron chi connectivity index (χ1n) is 10.6. The lowest BCUT2D eigenvalue weighted by Gasteiger charge is -2.07. The molecule has 0 aliphatic rings. The van der Waals surface area contributed by atoms with Gasteiger partial charge in [-0.15, -0.1) is 0 Å². The van der Waals surface area contributed by atoms with Crippen molar-refractivity contribution in [3.8, 4) is 22.5 Å². The number of amides is 1. The first-order valence-corrected chi connectivity index (χ1v) is 11.8. The van der Waals surface area contributed by atoms with Crippen LogP contribution in [0.1, 0.15) is 21.5 Å². The van der Waals surface area contributed by atoms with E-state index in [1.807, 2.05) is 18.2 Å². The summed E-state index contributed by atoms with van der Waals surface area (Å²) in [7, 11) is 0. The minimum absolute atomic E-state index is 0.152. The first kappa shape index (κ1) is 23.6. The SMILES string of the molecule is O=C(NCCSCc1ccccc1)c1ccc(-c2cc(-c3cccc(C(F)(F)F)c3)n[nH]2)cc1. The molecule has 1 aromatic heterocycles. The van der Waals surface area contributed by atoms with Crippen LogP contribution >= 0.6 is 11.8 Å². The van der Waals surface area contributed by atoms with Crippen LogP contribution in [0.5, 0.6) is 0 Å². The molecule has 0 saturated heterocycles. The van der Waals surface area contributed by atoms with Gasteiger partial charge in [-0.3, -0.25) is 9.89 Å². The Bertz CT molecular complexity index is 1240. The number of H-pyrrole nitrogens is 1. The number of thioether (sulfide) groups is 1. The molecule has 0 unspecified atom stereocenters. The molecule has 0 atom stereocenters. The summed E-state index contributed by atoms with van der Waals surface area (Å²) in [4.78, 5) is 12.4. The van der Waals surface area contributed by atoms with Crippen LogP contribution in [0.3, 0.4) is 0 Å². The van der Waals surface area contributed by atoms with Crippen molar-refractivity contribution >= 4 is 17.7 Å². The molecule has 0 saturated carbocycles. The normalized spacial score (nSPS) is 11.4. The lowest BCUT2D eigenvalue weighted by atomic mass is 10.1. The number of alkyl halides is 3. The number of benzene rings is 3. The van der Waals surface area contributed by atoms with Crippen LogP contribution < -0.4 is 5.32 Å². The van der Waals surface area contributed by atoms with E-state index in [2.05, 4.69) is 27.6 Å². The Balaban J connectivity index is 1.32. The molecule has 0 aliphatic heterocycles. The largest absolute Gasteiger partial charge is 0.416 e. The zero-order valence-electron chi connectivity index (χ0n) is 18.1. The fraction of sp³-hybridized carbons (Fsp3) is 0.154. The minimum atomic E-state index is -4.41. The lowest BCUT2D eigenvalue weighted by Crippen LogP contribution is -2.25. The smallest absolute Gasteiger partial charge is 0.351 e. The monoisotopic (exact) mass is 481 g/mol. The maximum Gasteiger partial charge on any atom is 0.416 e. The van der Waals surface area contributed by atoms with Crippen LogP contribution in [0.15, 0.2) is 84.9 Å². The molecule has 34 heavy (non-hydrogen) atoms. The topological polar surface area (TPSA) is 57.8 Å². The molecular weight excluding hydrogens is 459 g/mol. The number of nitrogens with zero attached hydrogens (tertiary/aromatic N) is 1. The number of carbonyl (C=O) groups excluding carboxylic acids is 1. The summed E-state index contributed by atoms with van der Waals surface area (Å²) >= 11 is 1.76.